The highest BCUT2D eigenvalue weighted by Gasteiger charge is 2.07. The second-order valence-corrected chi connectivity index (χ2v) is 4.03. The zero-order chi connectivity index (χ0) is 11.5. The highest BCUT2D eigenvalue weighted by molar-refractivity contribution is 9.10. The lowest BCUT2D eigenvalue weighted by atomic mass is 10.3. The predicted octanol–water partition coefficient (Wildman–Crippen LogP) is 1.73. The minimum Gasteiger partial charge on any atom is -0.396 e. The zero-order valence-corrected chi connectivity index (χ0v) is 10.2. The van der Waals surface area contributed by atoms with E-state index >= 15 is 0 Å². The summed E-state index contributed by atoms with van der Waals surface area (Å²) in [5.74, 6) is 1.12. The molecule has 0 saturated heterocycles. The van der Waals surface area contributed by atoms with Gasteiger partial charge in [-0.05, 0) is 22.9 Å². The van der Waals surface area contributed by atoms with Gasteiger partial charge in [-0.3, -0.25) is 4.98 Å². The molecule has 0 aliphatic heterocycles. The molecule has 2 aromatic heterocycles. The Hall–Kier alpha value is -1.63. The van der Waals surface area contributed by atoms with E-state index in [1.807, 2.05) is 0 Å². The van der Waals surface area contributed by atoms with Gasteiger partial charge >= 0.3 is 0 Å². The fourth-order valence-electron chi connectivity index (χ4n) is 1.21. The molecule has 0 amide bonds. The first kappa shape index (κ1) is 10.9. The maximum Gasteiger partial charge on any atom is 0.245 e. The molecule has 0 radical (unpaired) electrons. The Bertz CT molecular complexity index is 478. The van der Waals surface area contributed by atoms with Crippen LogP contribution in [0.25, 0.3) is 0 Å². The molecule has 0 unspecified atom stereocenters. The van der Waals surface area contributed by atoms with Crippen molar-refractivity contribution in [1.82, 2.24) is 15.1 Å². The number of aryl methyl sites for hydroxylation is 1. The Kier molecular flexibility index (Phi) is 3.04. The van der Waals surface area contributed by atoms with Crippen LogP contribution in [0.15, 0.2) is 21.4 Å². The van der Waals surface area contributed by atoms with Crippen molar-refractivity contribution in [1.29, 1.82) is 0 Å². The molecule has 84 valence electrons. The quantitative estimate of drug-likeness (QED) is 0.892. The topological polar surface area (TPSA) is 89.9 Å². The third-order valence-electron chi connectivity index (χ3n) is 1.92. The number of hydrogen-bond acceptors (Lipinski definition) is 6. The van der Waals surface area contributed by atoms with E-state index in [1.165, 1.54) is 0 Å². The van der Waals surface area contributed by atoms with Crippen molar-refractivity contribution in [2.75, 3.05) is 11.1 Å². The highest BCUT2D eigenvalue weighted by Crippen LogP contribution is 2.27. The largest absolute Gasteiger partial charge is 0.396 e. The molecule has 0 bridgehead atoms. The first-order chi connectivity index (χ1) is 7.66. The number of nitrogens with two attached hydrogens (primary N) is 1. The number of pyridine rings is 1. The predicted molar refractivity (Wildman–Crippen MR) is 62.7 cm³/mol. The van der Waals surface area contributed by atoms with Gasteiger partial charge in [0, 0.05) is 6.20 Å². The average molecular weight is 284 g/mol. The Balaban J connectivity index is 2.10. The summed E-state index contributed by atoms with van der Waals surface area (Å²) < 4.78 is 5.77. The summed E-state index contributed by atoms with van der Waals surface area (Å²) in [4.78, 5) is 8.01. The van der Waals surface area contributed by atoms with Gasteiger partial charge in [-0.1, -0.05) is 5.16 Å². The normalized spacial score (nSPS) is 10.4. The number of nitrogens with zero attached hydrogens (tertiary/aromatic N) is 3. The molecule has 0 saturated carbocycles. The number of nitrogen functional groups attached to an aromatic ring is 1. The molecule has 3 N–H and O–H groups in total. The standard InChI is InChI=1S/C9H10BrN5O/c1-5-14-8(16-15-5)4-13-9-6(10)2-12-3-7(9)11/h2-3H,4,11H2,1H3,(H,12,13). The molecule has 6 nitrogen and oxygen atoms in total. The van der Waals surface area contributed by atoms with E-state index in [0.29, 0.717) is 23.9 Å². The number of aromatic nitrogens is 3. The van der Waals surface area contributed by atoms with Crippen molar-refractivity contribution >= 4 is 27.3 Å². The molecular formula is C9H10BrN5O. The van der Waals surface area contributed by atoms with Crippen LogP contribution in [0.2, 0.25) is 0 Å². The van der Waals surface area contributed by atoms with Crippen molar-refractivity contribution in [2.45, 2.75) is 13.5 Å². The summed E-state index contributed by atoms with van der Waals surface area (Å²) >= 11 is 3.35. The summed E-state index contributed by atoms with van der Waals surface area (Å²) in [5, 5.41) is 6.80. The van der Waals surface area contributed by atoms with Crippen molar-refractivity contribution < 1.29 is 4.52 Å². The fourth-order valence-corrected chi connectivity index (χ4v) is 1.70. The Morgan fingerprint density at radius 1 is 1.50 bits per heavy atom. The SMILES string of the molecule is Cc1noc(CNc2c(N)cncc2Br)n1. The Morgan fingerprint density at radius 2 is 2.31 bits per heavy atom. The third-order valence-corrected chi connectivity index (χ3v) is 2.52. The molecule has 0 spiro atoms. The number of halogens is 1. The molecule has 0 aromatic carbocycles. The summed E-state index contributed by atoms with van der Waals surface area (Å²) in [7, 11) is 0. The lowest BCUT2D eigenvalue weighted by molar-refractivity contribution is 0.379. The number of anilines is 2. The smallest absolute Gasteiger partial charge is 0.245 e. The van der Waals surface area contributed by atoms with Crippen LogP contribution in [0.1, 0.15) is 11.7 Å². The van der Waals surface area contributed by atoms with Crippen LogP contribution in [0, 0.1) is 6.92 Å². The minimum atomic E-state index is 0.424. The Morgan fingerprint density at radius 3 is 2.94 bits per heavy atom. The highest BCUT2D eigenvalue weighted by atomic mass is 79.9. The third kappa shape index (κ3) is 2.30. The maximum atomic E-state index is 5.77. The van der Waals surface area contributed by atoms with E-state index in [4.69, 9.17) is 10.3 Å². The summed E-state index contributed by atoms with van der Waals surface area (Å²) in [6, 6.07) is 0. The maximum absolute atomic E-state index is 5.77. The lowest BCUT2D eigenvalue weighted by Gasteiger charge is -2.08. The molecule has 0 atom stereocenters. The van der Waals surface area contributed by atoms with Gasteiger partial charge in [-0.15, -0.1) is 0 Å². The number of rotatable bonds is 3. The first-order valence-corrected chi connectivity index (χ1v) is 5.38. The average Bonchev–Trinajstić information content (AvgIpc) is 2.63. The van der Waals surface area contributed by atoms with E-state index in [9.17, 15) is 0 Å². The van der Waals surface area contributed by atoms with Crippen molar-refractivity contribution in [3.63, 3.8) is 0 Å². The fraction of sp³-hybridized carbons (Fsp3) is 0.222. The Labute approximate surface area is 100 Å². The zero-order valence-electron chi connectivity index (χ0n) is 8.57. The molecule has 7 heteroatoms. The molecule has 0 fully saturated rings. The van der Waals surface area contributed by atoms with Crippen molar-refractivity contribution in [3.05, 3.63) is 28.6 Å². The monoisotopic (exact) mass is 283 g/mol. The summed E-state index contributed by atoms with van der Waals surface area (Å²) in [5.41, 5.74) is 7.10. The van der Waals surface area contributed by atoms with E-state index in [0.717, 1.165) is 10.2 Å². The van der Waals surface area contributed by atoms with E-state index in [-0.39, 0.29) is 0 Å². The van der Waals surface area contributed by atoms with Crippen LogP contribution in [0.4, 0.5) is 11.4 Å². The second-order valence-electron chi connectivity index (χ2n) is 3.17. The van der Waals surface area contributed by atoms with Crippen LogP contribution in [0.5, 0.6) is 0 Å². The number of nitrogens with one attached hydrogen (secondary N) is 1. The summed E-state index contributed by atoms with van der Waals surface area (Å²) in [6.07, 6.45) is 3.24. The molecule has 16 heavy (non-hydrogen) atoms. The minimum absolute atomic E-state index is 0.424. The van der Waals surface area contributed by atoms with Crippen molar-refractivity contribution in [3.8, 4) is 0 Å². The van der Waals surface area contributed by atoms with Gasteiger partial charge in [0.25, 0.3) is 0 Å². The van der Waals surface area contributed by atoms with Crippen LogP contribution in [-0.2, 0) is 6.54 Å². The van der Waals surface area contributed by atoms with Gasteiger partial charge in [0.1, 0.15) is 0 Å². The van der Waals surface area contributed by atoms with Gasteiger partial charge in [0.2, 0.25) is 5.89 Å². The van der Waals surface area contributed by atoms with Crippen LogP contribution in [0.3, 0.4) is 0 Å². The molecule has 0 aliphatic rings. The van der Waals surface area contributed by atoms with Gasteiger partial charge in [-0.2, -0.15) is 4.98 Å². The summed E-state index contributed by atoms with van der Waals surface area (Å²) in [6.45, 7) is 2.19. The van der Waals surface area contributed by atoms with E-state index in [2.05, 4.69) is 36.4 Å². The number of hydrogen-bond donors (Lipinski definition) is 2. The molecule has 2 aromatic rings. The van der Waals surface area contributed by atoms with E-state index in [1.54, 1.807) is 19.3 Å². The lowest BCUT2D eigenvalue weighted by Crippen LogP contribution is -2.04. The van der Waals surface area contributed by atoms with Crippen LogP contribution < -0.4 is 11.1 Å². The molecule has 2 rings (SSSR count). The van der Waals surface area contributed by atoms with Gasteiger partial charge in [0.15, 0.2) is 5.82 Å². The van der Waals surface area contributed by atoms with E-state index < -0.39 is 0 Å². The molecule has 0 aliphatic carbocycles. The van der Waals surface area contributed by atoms with Crippen molar-refractivity contribution in [2.24, 2.45) is 0 Å². The molecule has 2 heterocycles. The van der Waals surface area contributed by atoms with Gasteiger partial charge in [0.05, 0.1) is 28.6 Å². The second kappa shape index (κ2) is 4.48. The molecular weight excluding hydrogens is 274 g/mol. The van der Waals surface area contributed by atoms with Gasteiger partial charge in [-0.25, -0.2) is 0 Å². The first-order valence-electron chi connectivity index (χ1n) is 4.59. The van der Waals surface area contributed by atoms with Crippen LogP contribution in [-0.4, -0.2) is 15.1 Å². The van der Waals surface area contributed by atoms with Crippen LogP contribution >= 0.6 is 15.9 Å². The van der Waals surface area contributed by atoms with Gasteiger partial charge < -0.3 is 15.6 Å².